The first-order valence-electron chi connectivity index (χ1n) is 9.52. The number of hydrogen-bond donors (Lipinski definition) is 1. The maximum absolute atomic E-state index is 13.2. The fourth-order valence-corrected chi connectivity index (χ4v) is 5.57. The van der Waals surface area contributed by atoms with E-state index in [9.17, 15) is 18.0 Å². The highest BCUT2D eigenvalue weighted by atomic mass is 32.2. The Kier molecular flexibility index (Phi) is 5.42. The van der Waals surface area contributed by atoms with Gasteiger partial charge in [-0.1, -0.05) is 12.1 Å². The third-order valence-electron chi connectivity index (χ3n) is 5.21. The summed E-state index contributed by atoms with van der Waals surface area (Å²) in [5.41, 5.74) is 0.207. The summed E-state index contributed by atoms with van der Waals surface area (Å²) in [6, 6.07) is 9.37. The molecule has 2 unspecified atom stereocenters. The molecule has 1 aromatic carbocycles. The second-order valence-corrected chi connectivity index (χ2v) is 9.24. The molecule has 2 aliphatic rings. The van der Waals surface area contributed by atoms with Crippen LogP contribution in [0.1, 0.15) is 30.3 Å². The molecule has 2 amide bonds. The van der Waals surface area contributed by atoms with Crippen molar-refractivity contribution in [1.82, 2.24) is 5.32 Å². The Balaban J connectivity index is 1.61. The molecule has 2 aromatic rings. The summed E-state index contributed by atoms with van der Waals surface area (Å²) >= 11 is 0. The molecular formula is C20H22N2O6S. The van der Waals surface area contributed by atoms with Gasteiger partial charge in [-0.2, -0.15) is 0 Å². The Morgan fingerprint density at radius 1 is 1.21 bits per heavy atom. The molecule has 0 aliphatic carbocycles. The van der Waals surface area contributed by atoms with E-state index in [4.69, 9.17) is 9.15 Å². The SMILES string of the molecule is O=C(CN1C(=O)CC(c2ccco2)S(=O)(=O)c2ccccc21)NCC1CCCO1. The number of para-hydroxylation sites is 1. The number of nitrogens with one attached hydrogen (secondary N) is 1. The van der Waals surface area contributed by atoms with E-state index in [-0.39, 0.29) is 41.3 Å². The van der Waals surface area contributed by atoms with Crippen LogP contribution >= 0.6 is 0 Å². The molecule has 9 heteroatoms. The average molecular weight is 418 g/mol. The molecular weight excluding hydrogens is 396 g/mol. The standard InChI is InChI=1S/C20H22N2O6S/c23-19(21-12-14-5-3-9-27-14)13-22-15-6-1-2-8-17(15)29(25,26)18(11-20(22)24)16-7-4-10-28-16/h1-2,4,6-8,10,14,18H,3,5,9,11-13H2,(H,21,23). The largest absolute Gasteiger partial charge is 0.468 e. The van der Waals surface area contributed by atoms with Crippen LogP contribution in [-0.4, -0.2) is 46.0 Å². The second kappa shape index (κ2) is 8.00. The highest BCUT2D eigenvalue weighted by Gasteiger charge is 2.41. The minimum absolute atomic E-state index is 0.0131. The van der Waals surface area contributed by atoms with E-state index in [1.165, 1.54) is 17.2 Å². The summed E-state index contributed by atoms with van der Waals surface area (Å²) in [5.74, 6) is -0.609. The van der Waals surface area contributed by atoms with Crippen molar-refractivity contribution in [2.24, 2.45) is 0 Å². The monoisotopic (exact) mass is 418 g/mol. The first-order chi connectivity index (χ1) is 14.0. The van der Waals surface area contributed by atoms with Gasteiger partial charge in [0.15, 0.2) is 9.84 Å². The highest BCUT2D eigenvalue weighted by molar-refractivity contribution is 7.91. The number of carbonyl (C=O) groups is 2. The van der Waals surface area contributed by atoms with E-state index < -0.39 is 21.0 Å². The van der Waals surface area contributed by atoms with Crippen molar-refractivity contribution in [3.05, 3.63) is 48.4 Å². The van der Waals surface area contributed by atoms with E-state index in [1.54, 1.807) is 30.3 Å². The number of hydrogen-bond acceptors (Lipinski definition) is 6. The van der Waals surface area contributed by atoms with Crippen molar-refractivity contribution in [2.75, 3.05) is 24.6 Å². The van der Waals surface area contributed by atoms with Crippen molar-refractivity contribution in [2.45, 2.75) is 35.5 Å². The van der Waals surface area contributed by atoms with E-state index in [2.05, 4.69) is 5.32 Å². The van der Waals surface area contributed by atoms with Crippen molar-refractivity contribution in [1.29, 1.82) is 0 Å². The molecule has 29 heavy (non-hydrogen) atoms. The number of fused-ring (bicyclic) bond motifs is 1. The number of furan rings is 1. The van der Waals surface area contributed by atoms with E-state index in [1.807, 2.05) is 0 Å². The first kappa shape index (κ1) is 19.7. The van der Waals surface area contributed by atoms with Gasteiger partial charge in [0.1, 0.15) is 17.6 Å². The fraction of sp³-hybridized carbons (Fsp3) is 0.400. The molecule has 0 bridgehead atoms. The zero-order chi connectivity index (χ0) is 20.4. The quantitative estimate of drug-likeness (QED) is 0.794. The Labute approximate surface area is 168 Å². The Morgan fingerprint density at radius 2 is 2.03 bits per heavy atom. The van der Waals surface area contributed by atoms with Crippen LogP contribution < -0.4 is 10.2 Å². The molecule has 3 heterocycles. The van der Waals surface area contributed by atoms with Gasteiger partial charge in [0.05, 0.1) is 29.4 Å². The smallest absolute Gasteiger partial charge is 0.240 e. The van der Waals surface area contributed by atoms with Gasteiger partial charge >= 0.3 is 0 Å². The third kappa shape index (κ3) is 3.92. The summed E-state index contributed by atoms with van der Waals surface area (Å²) in [6.07, 6.45) is 2.90. The van der Waals surface area contributed by atoms with Gasteiger partial charge in [0, 0.05) is 13.2 Å². The van der Waals surface area contributed by atoms with Gasteiger partial charge in [-0.05, 0) is 37.1 Å². The van der Waals surface area contributed by atoms with Crippen LogP contribution in [0.4, 0.5) is 5.69 Å². The maximum Gasteiger partial charge on any atom is 0.240 e. The van der Waals surface area contributed by atoms with Gasteiger partial charge in [-0.15, -0.1) is 0 Å². The van der Waals surface area contributed by atoms with Crippen molar-refractivity contribution in [3.8, 4) is 0 Å². The number of benzene rings is 1. The average Bonchev–Trinajstić information content (AvgIpc) is 3.41. The summed E-state index contributed by atoms with van der Waals surface area (Å²) in [5, 5.41) is 1.64. The van der Waals surface area contributed by atoms with E-state index in [0.29, 0.717) is 13.2 Å². The maximum atomic E-state index is 13.2. The van der Waals surface area contributed by atoms with Crippen LogP contribution in [0.25, 0.3) is 0 Å². The number of amides is 2. The Hall–Kier alpha value is -2.65. The van der Waals surface area contributed by atoms with Gasteiger partial charge in [0.2, 0.25) is 11.8 Å². The van der Waals surface area contributed by atoms with Crippen LogP contribution in [0.15, 0.2) is 52.0 Å². The highest BCUT2D eigenvalue weighted by Crippen LogP contribution is 2.40. The zero-order valence-electron chi connectivity index (χ0n) is 15.7. The number of nitrogens with zero attached hydrogens (tertiary/aromatic N) is 1. The number of rotatable bonds is 5. The topological polar surface area (TPSA) is 106 Å². The molecule has 154 valence electrons. The molecule has 0 spiro atoms. The molecule has 1 fully saturated rings. The molecule has 2 aliphatic heterocycles. The van der Waals surface area contributed by atoms with Crippen LogP contribution in [0.2, 0.25) is 0 Å². The molecule has 1 saturated heterocycles. The fourth-order valence-electron chi connectivity index (χ4n) is 3.72. The lowest BCUT2D eigenvalue weighted by Gasteiger charge is -2.22. The number of ether oxygens (including phenoxy) is 1. The molecule has 0 radical (unpaired) electrons. The molecule has 1 aromatic heterocycles. The number of sulfone groups is 1. The molecule has 0 saturated carbocycles. The van der Waals surface area contributed by atoms with Gasteiger partial charge in [0.25, 0.3) is 0 Å². The van der Waals surface area contributed by atoms with Crippen molar-refractivity contribution < 1.29 is 27.2 Å². The number of carbonyl (C=O) groups excluding carboxylic acids is 2. The molecule has 2 atom stereocenters. The molecule has 4 rings (SSSR count). The predicted octanol–water partition coefficient (Wildman–Crippen LogP) is 1.83. The van der Waals surface area contributed by atoms with Gasteiger partial charge in [-0.25, -0.2) is 8.42 Å². The van der Waals surface area contributed by atoms with Crippen molar-refractivity contribution >= 4 is 27.3 Å². The molecule has 8 nitrogen and oxygen atoms in total. The normalized spacial score (nSPS) is 23.4. The van der Waals surface area contributed by atoms with Crippen LogP contribution in [-0.2, 0) is 24.2 Å². The van der Waals surface area contributed by atoms with Crippen LogP contribution in [0, 0.1) is 0 Å². The molecule has 1 N–H and O–H groups in total. The van der Waals surface area contributed by atoms with Gasteiger partial charge in [-0.3, -0.25) is 9.59 Å². The lowest BCUT2D eigenvalue weighted by Crippen LogP contribution is -2.42. The Bertz CT molecular complexity index is 996. The first-order valence-corrected chi connectivity index (χ1v) is 11.1. The predicted molar refractivity (Wildman–Crippen MR) is 104 cm³/mol. The summed E-state index contributed by atoms with van der Waals surface area (Å²) in [6.45, 7) is 0.795. The third-order valence-corrected chi connectivity index (χ3v) is 7.32. The van der Waals surface area contributed by atoms with Crippen LogP contribution in [0.5, 0.6) is 0 Å². The minimum Gasteiger partial charge on any atom is -0.468 e. The lowest BCUT2D eigenvalue weighted by atomic mass is 10.2. The zero-order valence-corrected chi connectivity index (χ0v) is 16.6. The van der Waals surface area contributed by atoms with Crippen molar-refractivity contribution in [3.63, 3.8) is 0 Å². The lowest BCUT2D eigenvalue weighted by molar-refractivity contribution is -0.124. The second-order valence-electron chi connectivity index (χ2n) is 7.14. The van der Waals surface area contributed by atoms with E-state index in [0.717, 1.165) is 12.8 Å². The minimum atomic E-state index is -3.88. The van der Waals surface area contributed by atoms with Gasteiger partial charge < -0.3 is 19.4 Å². The Morgan fingerprint density at radius 3 is 2.76 bits per heavy atom. The summed E-state index contributed by atoms with van der Waals surface area (Å²) < 4.78 is 37.3. The summed E-state index contributed by atoms with van der Waals surface area (Å²) in [7, 11) is -3.88. The summed E-state index contributed by atoms with van der Waals surface area (Å²) in [4.78, 5) is 26.7. The van der Waals surface area contributed by atoms with Crippen LogP contribution in [0.3, 0.4) is 0 Å². The number of anilines is 1. The van der Waals surface area contributed by atoms with E-state index >= 15 is 0 Å².